The summed E-state index contributed by atoms with van der Waals surface area (Å²) in [7, 11) is 1.80. The van der Waals surface area contributed by atoms with Crippen LogP contribution in [0.5, 0.6) is 5.88 Å². The lowest BCUT2D eigenvalue weighted by atomic mass is 10.1. The van der Waals surface area contributed by atoms with Crippen LogP contribution in [0.25, 0.3) is 11.0 Å². The van der Waals surface area contributed by atoms with Crippen molar-refractivity contribution in [3.05, 3.63) is 36.3 Å². The van der Waals surface area contributed by atoms with Crippen molar-refractivity contribution in [2.45, 2.75) is 6.17 Å². The number of aryl methyl sites for hydroxylation is 1. The van der Waals surface area contributed by atoms with Crippen molar-refractivity contribution in [2.75, 3.05) is 25.0 Å². The van der Waals surface area contributed by atoms with Gasteiger partial charge in [0, 0.05) is 31.9 Å². The number of aromatic amines is 1. The number of fused-ring (bicyclic) bond motifs is 1. The summed E-state index contributed by atoms with van der Waals surface area (Å²) < 4.78 is 21.8. The van der Waals surface area contributed by atoms with Crippen LogP contribution in [0, 0.1) is 5.92 Å². The number of likely N-dealkylation sites (tertiary alicyclic amines) is 1. The monoisotopic (exact) mass is 419 g/mol. The van der Waals surface area contributed by atoms with Gasteiger partial charge in [-0.05, 0) is 6.08 Å². The van der Waals surface area contributed by atoms with E-state index in [0.29, 0.717) is 21.7 Å². The smallest absolute Gasteiger partial charge is 0.246 e. The van der Waals surface area contributed by atoms with Crippen molar-refractivity contribution in [3.8, 4) is 5.88 Å². The lowest BCUT2D eigenvalue weighted by molar-refractivity contribution is -0.125. The molecule has 3 aromatic rings. The zero-order valence-corrected chi connectivity index (χ0v) is 16.4. The molecule has 0 saturated carbocycles. The molecule has 2 N–H and O–H groups in total. The zero-order chi connectivity index (χ0) is 20.5. The second kappa shape index (κ2) is 7.70. The van der Waals surface area contributed by atoms with Gasteiger partial charge in [0.15, 0.2) is 0 Å². The number of carbonyl (C=O) groups is 1. The fourth-order valence-corrected chi connectivity index (χ4v) is 3.45. The summed E-state index contributed by atoms with van der Waals surface area (Å²) in [5, 5.41) is 8.04. The number of hydrogen-bond acceptors (Lipinski definition) is 6. The average molecular weight is 420 g/mol. The standard InChI is InChI=1S/C18H19ClFN7O2/c1-3-14(28)27-6-10(13(20)8-27)9-29-17-15-12(19)5-21-16(15)24-18(25-17)23-11-4-22-26(2)7-11/h3-5,7,10,13H,1,6,8-9H2,2H3,(H2,21,23,24,25)/t10-,13+/m0/s1. The van der Waals surface area contributed by atoms with Crippen LogP contribution < -0.4 is 10.1 Å². The Bertz CT molecular complexity index is 1070. The van der Waals surface area contributed by atoms with Gasteiger partial charge in [-0.3, -0.25) is 9.48 Å². The topological polar surface area (TPSA) is 101 Å². The van der Waals surface area contributed by atoms with E-state index in [0.717, 1.165) is 0 Å². The molecule has 0 aromatic carbocycles. The van der Waals surface area contributed by atoms with Gasteiger partial charge in [0.2, 0.25) is 17.7 Å². The Morgan fingerprint density at radius 3 is 3.07 bits per heavy atom. The maximum Gasteiger partial charge on any atom is 0.246 e. The van der Waals surface area contributed by atoms with Crippen LogP contribution in [-0.4, -0.2) is 61.4 Å². The number of nitrogens with one attached hydrogen (secondary N) is 2. The number of amides is 1. The largest absolute Gasteiger partial charge is 0.477 e. The Balaban J connectivity index is 1.55. The van der Waals surface area contributed by atoms with Gasteiger partial charge >= 0.3 is 0 Å². The number of anilines is 2. The summed E-state index contributed by atoms with van der Waals surface area (Å²) in [6.07, 6.45) is 4.98. The fourth-order valence-electron chi connectivity index (χ4n) is 3.22. The van der Waals surface area contributed by atoms with Crippen LogP contribution >= 0.6 is 11.6 Å². The number of ether oxygens (including phenoxy) is 1. The number of aromatic nitrogens is 5. The van der Waals surface area contributed by atoms with Crippen molar-refractivity contribution in [2.24, 2.45) is 13.0 Å². The molecule has 3 aromatic heterocycles. The number of nitrogens with zero attached hydrogens (tertiary/aromatic N) is 5. The minimum Gasteiger partial charge on any atom is -0.477 e. The first-order valence-electron chi connectivity index (χ1n) is 8.93. The number of rotatable bonds is 6. The molecule has 4 heterocycles. The molecular formula is C18H19ClFN7O2. The molecule has 0 unspecified atom stereocenters. The van der Waals surface area contributed by atoms with E-state index >= 15 is 0 Å². The highest BCUT2D eigenvalue weighted by atomic mass is 35.5. The number of hydrogen-bond donors (Lipinski definition) is 2. The molecule has 0 spiro atoms. The lowest BCUT2D eigenvalue weighted by Gasteiger charge is -2.15. The van der Waals surface area contributed by atoms with Crippen molar-refractivity contribution in [1.29, 1.82) is 0 Å². The SMILES string of the molecule is C=CC(=O)N1C[C@@H](COc2nc(Nc3cnn(C)c3)nc3[nH]cc(Cl)c23)[C@H](F)C1. The van der Waals surface area contributed by atoms with E-state index in [1.807, 2.05) is 0 Å². The Morgan fingerprint density at radius 1 is 1.52 bits per heavy atom. The van der Waals surface area contributed by atoms with Gasteiger partial charge in [0.05, 0.1) is 35.4 Å². The average Bonchev–Trinajstić information content (AvgIpc) is 3.39. The number of carbonyl (C=O) groups excluding carboxylic acids is 1. The predicted octanol–water partition coefficient (Wildman–Crippen LogP) is 2.45. The maximum atomic E-state index is 14.3. The van der Waals surface area contributed by atoms with Gasteiger partial charge < -0.3 is 19.9 Å². The number of H-pyrrole nitrogens is 1. The van der Waals surface area contributed by atoms with Crippen molar-refractivity contribution in [1.82, 2.24) is 29.6 Å². The van der Waals surface area contributed by atoms with E-state index in [-0.39, 0.29) is 37.4 Å². The Hall–Kier alpha value is -3.14. The highest BCUT2D eigenvalue weighted by molar-refractivity contribution is 6.35. The van der Waals surface area contributed by atoms with Gasteiger partial charge in [0.1, 0.15) is 11.8 Å². The highest BCUT2D eigenvalue weighted by Crippen LogP contribution is 2.32. The molecule has 1 aliphatic heterocycles. The number of alkyl halides is 1. The normalized spacial score (nSPS) is 18.9. The molecule has 0 radical (unpaired) electrons. The van der Waals surface area contributed by atoms with Crippen LogP contribution in [0.1, 0.15) is 0 Å². The summed E-state index contributed by atoms with van der Waals surface area (Å²) in [6.45, 7) is 3.76. The molecule has 1 amide bonds. The summed E-state index contributed by atoms with van der Waals surface area (Å²) in [6, 6.07) is 0. The minimum atomic E-state index is -1.19. The highest BCUT2D eigenvalue weighted by Gasteiger charge is 2.35. The lowest BCUT2D eigenvalue weighted by Crippen LogP contribution is -2.27. The van der Waals surface area contributed by atoms with E-state index < -0.39 is 12.1 Å². The van der Waals surface area contributed by atoms with Gasteiger partial charge in [-0.1, -0.05) is 18.2 Å². The molecule has 29 heavy (non-hydrogen) atoms. The molecule has 2 atom stereocenters. The first kappa shape index (κ1) is 19.2. The van der Waals surface area contributed by atoms with Crippen LogP contribution in [0.15, 0.2) is 31.2 Å². The summed E-state index contributed by atoms with van der Waals surface area (Å²) >= 11 is 6.24. The van der Waals surface area contributed by atoms with Gasteiger partial charge in [0.25, 0.3) is 0 Å². The van der Waals surface area contributed by atoms with Crippen LogP contribution in [0.4, 0.5) is 16.0 Å². The molecule has 0 bridgehead atoms. The summed E-state index contributed by atoms with van der Waals surface area (Å²) in [4.78, 5) is 24.9. The van der Waals surface area contributed by atoms with E-state index in [9.17, 15) is 9.18 Å². The van der Waals surface area contributed by atoms with E-state index in [2.05, 4.69) is 31.9 Å². The minimum absolute atomic E-state index is 0.0246. The molecule has 0 aliphatic carbocycles. The van der Waals surface area contributed by atoms with Crippen LogP contribution in [-0.2, 0) is 11.8 Å². The molecule has 152 valence electrons. The molecule has 1 fully saturated rings. The van der Waals surface area contributed by atoms with Crippen molar-refractivity contribution < 1.29 is 13.9 Å². The molecular weight excluding hydrogens is 401 g/mol. The first-order chi connectivity index (χ1) is 13.9. The summed E-state index contributed by atoms with van der Waals surface area (Å²) in [5.41, 5.74) is 1.19. The Morgan fingerprint density at radius 2 is 2.34 bits per heavy atom. The first-order valence-corrected chi connectivity index (χ1v) is 9.31. The van der Waals surface area contributed by atoms with Crippen molar-refractivity contribution >= 4 is 40.2 Å². The predicted molar refractivity (Wildman–Crippen MR) is 106 cm³/mol. The van der Waals surface area contributed by atoms with Gasteiger partial charge in [-0.2, -0.15) is 15.1 Å². The van der Waals surface area contributed by atoms with Crippen molar-refractivity contribution in [3.63, 3.8) is 0 Å². The molecule has 9 nitrogen and oxygen atoms in total. The molecule has 1 saturated heterocycles. The quantitative estimate of drug-likeness (QED) is 0.595. The van der Waals surface area contributed by atoms with Gasteiger partial charge in [-0.15, -0.1) is 0 Å². The van der Waals surface area contributed by atoms with E-state index in [1.54, 1.807) is 30.3 Å². The third-order valence-corrected chi connectivity index (χ3v) is 4.99. The third kappa shape index (κ3) is 3.88. The second-order valence-corrected chi connectivity index (χ2v) is 7.18. The fraction of sp³-hybridized carbons (Fsp3) is 0.333. The Kier molecular flexibility index (Phi) is 5.10. The third-order valence-electron chi connectivity index (χ3n) is 4.69. The molecule has 11 heteroatoms. The number of halogens is 2. The second-order valence-electron chi connectivity index (χ2n) is 6.77. The van der Waals surface area contributed by atoms with Gasteiger partial charge in [-0.25, -0.2) is 4.39 Å². The van der Waals surface area contributed by atoms with Crippen LogP contribution in [0.2, 0.25) is 5.02 Å². The van der Waals surface area contributed by atoms with E-state index in [1.165, 1.54) is 11.0 Å². The summed E-state index contributed by atoms with van der Waals surface area (Å²) in [5.74, 6) is -0.258. The molecule has 4 rings (SSSR count). The zero-order valence-electron chi connectivity index (χ0n) is 15.6. The molecule has 1 aliphatic rings. The maximum absolute atomic E-state index is 14.3. The Labute approximate surface area is 170 Å². The van der Waals surface area contributed by atoms with Crippen LogP contribution in [0.3, 0.4) is 0 Å². The van der Waals surface area contributed by atoms with E-state index in [4.69, 9.17) is 16.3 Å².